The van der Waals surface area contributed by atoms with Gasteiger partial charge < -0.3 is 19.6 Å². The molecular formula is C29H41ClN2O3. The van der Waals surface area contributed by atoms with Gasteiger partial charge in [0.25, 0.3) is 0 Å². The van der Waals surface area contributed by atoms with Crippen molar-refractivity contribution in [3.8, 4) is 23.0 Å². The van der Waals surface area contributed by atoms with E-state index in [0.29, 0.717) is 24.7 Å². The molecule has 0 fully saturated rings. The minimum Gasteiger partial charge on any atom is -0.507 e. The first-order valence-corrected chi connectivity index (χ1v) is 12.2. The van der Waals surface area contributed by atoms with Gasteiger partial charge in [-0.2, -0.15) is 0 Å². The molecule has 1 heterocycles. The minimum atomic E-state index is -0.207. The van der Waals surface area contributed by atoms with E-state index in [1.807, 2.05) is 18.2 Å². The maximum atomic E-state index is 11.0. The Hall–Kier alpha value is -2.50. The molecule has 2 aromatic carbocycles. The Morgan fingerprint density at radius 2 is 1.63 bits per heavy atom. The van der Waals surface area contributed by atoms with Crippen LogP contribution in [0, 0.1) is 6.92 Å². The fraction of sp³-hybridized carbons (Fsp3) is 0.483. The summed E-state index contributed by atoms with van der Waals surface area (Å²) in [6, 6.07) is 10.3. The van der Waals surface area contributed by atoms with Gasteiger partial charge in [-0.15, -0.1) is 12.4 Å². The van der Waals surface area contributed by atoms with E-state index in [1.54, 1.807) is 6.26 Å². The van der Waals surface area contributed by atoms with Crippen LogP contribution in [0.1, 0.15) is 76.4 Å². The molecule has 0 radical (unpaired) electrons. The third-order valence-electron chi connectivity index (χ3n) is 5.92. The maximum absolute atomic E-state index is 11.0. The Balaban J connectivity index is 0.00000432. The zero-order chi connectivity index (χ0) is 25.1. The molecule has 2 N–H and O–H groups in total. The number of hydrogen-bond acceptors (Lipinski definition) is 5. The Morgan fingerprint density at radius 3 is 2.20 bits per heavy atom. The minimum absolute atomic E-state index is 0. The average molecular weight is 501 g/mol. The molecular weight excluding hydrogens is 460 g/mol. The highest BCUT2D eigenvalue weighted by atomic mass is 35.5. The van der Waals surface area contributed by atoms with Crippen molar-refractivity contribution in [1.29, 1.82) is 0 Å². The molecule has 3 aromatic rings. The van der Waals surface area contributed by atoms with Crippen molar-refractivity contribution >= 4 is 12.4 Å². The number of oxazole rings is 1. The molecule has 6 heteroatoms. The molecule has 0 spiro atoms. The molecule has 192 valence electrons. The highest BCUT2D eigenvalue weighted by molar-refractivity contribution is 5.85. The number of phenolic OH excluding ortho intramolecular Hbond substituents is 1. The largest absolute Gasteiger partial charge is 0.507 e. The van der Waals surface area contributed by atoms with Crippen molar-refractivity contribution in [2.45, 2.75) is 79.2 Å². The lowest BCUT2D eigenvalue weighted by Gasteiger charge is -2.27. The number of nitrogens with zero attached hydrogens (tertiary/aromatic N) is 1. The fourth-order valence-corrected chi connectivity index (χ4v) is 3.97. The van der Waals surface area contributed by atoms with Crippen molar-refractivity contribution in [2.24, 2.45) is 0 Å². The standard InChI is InChI=1S/C29H40N2O3.ClH/c1-9-30-17-21-14-19(2)10-11-25(21)33-13-12-22-18-34-27(31-22)20-15-23(28(3,4)5)26(32)24(16-20)29(6,7)8;/h10-11,14-16,18,30,32H,9,12-13,17H2,1-8H3;1H. The number of aromatic hydroxyl groups is 1. The molecule has 5 nitrogen and oxygen atoms in total. The monoisotopic (exact) mass is 500 g/mol. The number of rotatable bonds is 8. The van der Waals surface area contributed by atoms with Gasteiger partial charge in [0.05, 0.1) is 12.3 Å². The second-order valence-electron chi connectivity index (χ2n) is 11.1. The van der Waals surface area contributed by atoms with Crippen molar-refractivity contribution in [3.05, 3.63) is 64.5 Å². The summed E-state index contributed by atoms with van der Waals surface area (Å²) in [6.07, 6.45) is 2.35. The highest BCUT2D eigenvalue weighted by Gasteiger charge is 2.27. The van der Waals surface area contributed by atoms with Crippen LogP contribution in [0.3, 0.4) is 0 Å². The van der Waals surface area contributed by atoms with Crippen molar-refractivity contribution in [3.63, 3.8) is 0 Å². The quantitative estimate of drug-likeness (QED) is 0.345. The van der Waals surface area contributed by atoms with E-state index in [9.17, 15) is 5.11 Å². The van der Waals surface area contributed by atoms with Crippen LogP contribution in [0.2, 0.25) is 0 Å². The van der Waals surface area contributed by atoms with Crippen LogP contribution < -0.4 is 10.1 Å². The van der Waals surface area contributed by atoms with Gasteiger partial charge in [0, 0.05) is 35.2 Å². The third kappa shape index (κ3) is 7.25. The van der Waals surface area contributed by atoms with Crippen LogP contribution in [0.4, 0.5) is 0 Å². The lowest BCUT2D eigenvalue weighted by atomic mass is 9.78. The van der Waals surface area contributed by atoms with Gasteiger partial charge >= 0.3 is 0 Å². The van der Waals surface area contributed by atoms with E-state index in [1.165, 1.54) is 5.56 Å². The average Bonchev–Trinajstić information content (AvgIpc) is 3.21. The maximum Gasteiger partial charge on any atom is 0.226 e. The summed E-state index contributed by atoms with van der Waals surface area (Å²) < 4.78 is 12.0. The summed E-state index contributed by atoms with van der Waals surface area (Å²) in [4.78, 5) is 4.73. The molecule has 0 amide bonds. The Kier molecular flexibility index (Phi) is 9.43. The highest BCUT2D eigenvalue weighted by Crippen LogP contribution is 2.41. The Bertz CT molecular complexity index is 1090. The van der Waals surface area contributed by atoms with E-state index < -0.39 is 0 Å². The summed E-state index contributed by atoms with van der Waals surface area (Å²) >= 11 is 0. The number of nitrogens with one attached hydrogen (secondary N) is 1. The summed E-state index contributed by atoms with van der Waals surface area (Å²) in [5, 5.41) is 14.4. The number of aromatic nitrogens is 1. The van der Waals surface area contributed by atoms with E-state index in [4.69, 9.17) is 14.1 Å². The number of hydrogen-bond donors (Lipinski definition) is 2. The molecule has 0 saturated heterocycles. The van der Waals surface area contributed by atoms with Crippen LogP contribution in [-0.2, 0) is 23.8 Å². The van der Waals surface area contributed by atoms with Crippen LogP contribution >= 0.6 is 12.4 Å². The Morgan fingerprint density at radius 1 is 1.00 bits per heavy atom. The van der Waals surface area contributed by atoms with E-state index >= 15 is 0 Å². The van der Waals surface area contributed by atoms with Crippen molar-refractivity contribution in [1.82, 2.24) is 10.3 Å². The Labute approximate surface area is 216 Å². The molecule has 35 heavy (non-hydrogen) atoms. The SMILES string of the molecule is CCNCc1cc(C)ccc1OCCc1coc(-c2cc(C(C)(C)C)c(O)c(C(C)(C)C)c2)n1.Cl. The third-order valence-corrected chi connectivity index (χ3v) is 5.92. The van der Waals surface area contributed by atoms with Gasteiger partial charge in [0.15, 0.2) is 0 Å². The first-order valence-electron chi connectivity index (χ1n) is 12.2. The molecule has 0 saturated carbocycles. The molecule has 3 rings (SSSR count). The molecule has 0 bridgehead atoms. The summed E-state index contributed by atoms with van der Waals surface area (Å²) in [5.41, 5.74) is 5.49. The second kappa shape index (κ2) is 11.5. The van der Waals surface area contributed by atoms with Gasteiger partial charge in [-0.05, 0) is 42.5 Å². The number of halogens is 1. The molecule has 0 atom stereocenters. The first kappa shape index (κ1) is 28.7. The molecule has 0 aliphatic carbocycles. The fourth-order valence-electron chi connectivity index (χ4n) is 3.97. The van der Waals surface area contributed by atoms with Gasteiger partial charge in [0.2, 0.25) is 5.89 Å². The molecule has 0 unspecified atom stereocenters. The zero-order valence-corrected chi connectivity index (χ0v) is 23.2. The van der Waals surface area contributed by atoms with E-state index in [0.717, 1.165) is 46.8 Å². The predicted molar refractivity (Wildman–Crippen MR) is 146 cm³/mol. The number of benzene rings is 2. The van der Waals surface area contributed by atoms with Crippen LogP contribution in [0.5, 0.6) is 11.5 Å². The van der Waals surface area contributed by atoms with Gasteiger partial charge in [-0.25, -0.2) is 4.98 Å². The van der Waals surface area contributed by atoms with Gasteiger partial charge in [-0.3, -0.25) is 0 Å². The smallest absolute Gasteiger partial charge is 0.226 e. The number of aryl methyl sites for hydroxylation is 1. The molecule has 0 aliphatic rings. The zero-order valence-electron chi connectivity index (χ0n) is 22.4. The van der Waals surface area contributed by atoms with Crippen molar-refractivity contribution < 1.29 is 14.3 Å². The first-order chi connectivity index (χ1) is 15.9. The van der Waals surface area contributed by atoms with Crippen LogP contribution in [0.25, 0.3) is 11.5 Å². The van der Waals surface area contributed by atoms with E-state index in [-0.39, 0.29) is 23.2 Å². The normalized spacial score (nSPS) is 11.9. The van der Waals surface area contributed by atoms with Crippen molar-refractivity contribution in [2.75, 3.05) is 13.2 Å². The lowest BCUT2D eigenvalue weighted by Crippen LogP contribution is -2.17. The van der Waals surface area contributed by atoms with E-state index in [2.05, 4.69) is 72.8 Å². The summed E-state index contributed by atoms with van der Waals surface area (Å²) in [5.74, 6) is 1.82. The predicted octanol–water partition coefficient (Wildman–Crippen LogP) is 7.10. The lowest BCUT2D eigenvalue weighted by molar-refractivity contribution is 0.316. The summed E-state index contributed by atoms with van der Waals surface area (Å²) in [7, 11) is 0. The number of phenols is 1. The second-order valence-corrected chi connectivity index (χ2v) is 11.1. The van der Waals surface area contributed by atoms with Crippen LogP contribution in [0.15, 0.2) is 41.0 Å². The van der Waals surface area contributed by atoms with Crippen LogP contribution in [-0.4, -0.2) is 23.2 Å². The molecule has 0 aliphatic heterocycles. The topological polar surface area (TPSA) is 67.5 Å². The van der Waals surface area contributed by atoms with Gasteiger partial charge in [0.1, 0.15) is 17.8 Å². The number of ether oxygens (including phenoxy) is 1. The summed E-state index contributed by atoms with van der Waals surface area (Å²) in [6.45, 7) is 19.0. The molecule has 1 aromatic heterocycles. The van der Waals surface area contributed by atoms with Gasteiger partial charge in [-0.1, -0.05) is 66.2 Å².